The number of aromatic hydroxyl groups is 2. The van der Waals surface area contributed by atoms with Crippen LogP contribution in [0.2, 0.25) is 0 Å². The lowest BCUT2D eigenvalue weighted by molar-refractivity contribution is 0.355. The van der Waals surface area contributed by atoms with E-state index in [0.29, 0.717) is 30.1 Å². The van der Waals surface area contributed by atoms with Gasteiger partial charge in [-0.15, -0.1) is 0 Å². The summed E-state index contributed by atoms with van der Waals surface area (Å²) < 4.78 is 5.81. The van der Waals surface area contributed by atoms with Gasteiger partial charge in [-0.3, -0.25) is 4.79 Å². The van der Waals surface area contributed by atoms with Gasteiger partial charge in [-0.1, -0.05) is 6.07 Å². The molecule has 1 unspecified atom stereocenters. The predicted octanol–water partition coefficient (Wildman–Crippen LogP) is 1.44. The van der Waals surface area contributed by atoms with Gasteiger partial charge in [-0.25, -0.2) is 0 Å². The Balaban J connectivity index is 2.06. The molecular formula is C15H14N2O4. The van der Waals surface area contributed by atoms with Crippen LogP contribution in [-0.4, -0.2) is 21.7 Å². The van der Waals surface area contributed by atoms with E-state index in [2.05, 4.69) is 10.3 Å². The van der Waals surface area contributed by atoms with E-state index in [1.165, 1.54) is 6.07 Å². The second-order valence-electron chi connectivity index (χ2n) is 5.44. The number of aromatic amines is 1. The number of benzene rings is 1. The zero-order valence-corrected chi connectivity index (χ0v) is 11.4. The van der Waals surface area contributed by atoms with E-state index in [-0.39, 0.29) is 28.7 Å². The first-order valence-electron chi connectivity index (χ1n) is 6.77. The van der Waals surface area contributed by atoms with Crippen molar-refractivity contribution in [3.63, 3.8) is 0 Å². The molecule has 0 aliphatic carbocycles. The molecule has 0 radical (unpaired) electrons. The number of nitrogens with one attached hydrogen (secondary N) is 2. The number of rotatable bonds is 0. The van der Waals surface area contributed by atoms with Crippen molar-refractivity contribution < 1.29 is 14.9 Å². The molecule has 0 amide bonds. The van der Waals surface area contributed by atoms with Crippen LogP contribution in [0, 0.1) is 6.92 Å². The lowest BCUT2D eigenvalue weighted by Gasteiger charge is -2.34. The summed E-state index contributed by atoms with van der Waals surface area (Å²) >= 11 is 0. The summed E-state index contributed by atoms with van der Waals surface area (Å²) in [4.78, 5) is 14.9. The van der Waals surface area contributed by atoms with Crippen molar-refractivity contribution in [2.45, 2.75) is 19.4 Å². The number of H-pyrrole nitrogens is 1. The monoisotopic (exact) mass is 286 g/mol. The fourth-order valence-corrected chi connectivity index (χ4v) is 3.21. The lowest BCUT2D eigenvalue weighted by atomic mass is 9.83. The Bertz CT molecular complexity index is 825. The summed E-state index contributed by atoms with van der Waals surface area (Å²) in [6.45, 7) is 2.92. The zero-order valence-electron chi connectivity index (χ0n) is 11.4. The number of aryl methyl sites for hydroxylation is 1. The number of hydrogen-bond donors (Lipinski definition) is 4. The Morgan fingerprint density at radius 2 is 2.10 bits per heavy atom. The quantitative estimate of drug-likeness (QED) is 0.550. The molecule has 0 fully saturated rings. The maximum Gasteiger partial charge on any atom is 0.253 e. The molecule has 2 aliphatic heterocycles. The third-order valence-electron chi connectivity index (χ3n) is 4.20. The molecule has 21 heavy (non-hydrogen) atoms. The highest BCUT2D eigenvalue weighted by molar-refractivity contribution is 5.64. The standard InChI is InChI=1S/C15H14N2O4/c1-6-13-11-8(4-16-5-9(11)15(20)17-6)7-2-3-10(18)12(19)14(7)21-13/h2-3,8,16,18-19H,4-5H2,1H3,(H,17,20). The molecule has 0 saturated carbocycles. The molecule has 4 N–H and O–H groups in total. The van der Waals surface area contributed by atoms with E-state index in [0.717, 1.165) is 11.1 Å². The van der Waals surface area contributed by atoms with Crippen LogP contribution in [0.25, 0.3) is 0 Å². The molecule has 6 heteroatoms. The van der Waals surface area contributed by atoms with Crippen LogP contribution in [0.3, 0.4) is 0 Å². The topological polar surface area (TPSA) is 94.6 Å². The third-order valence-corrected chi connectivity index (χ3v) is 4.20. The Kier molecular flexibility index (Phi) is 2.35. The van der Waals surface area contributed by atoms with Crippen LogP contribution >= 0.6 is 0 Å². The Morgan fingerprint density at radius 1 is 1.29 bits per heavy atom. The summed E-state index contributed by atoms with van der Waals surface area (Å²) in [5.74, 6) is 0.279. The average molecular weight is 286 g/mol. The van der Waals surface area contributed by atoms with Crippen LogP contribution in [0.4, 0.5) is 0 Å². The van der Waals surface area contributed by atoms with Gasteiger partial charge in [0, 0.05) is 35.7 Å². The molecule has 1 aromatic carbocycles. The van der Waals surface area contributed by atoms with Crippen LogP contribution < -0.4 is 15.6 Å². The Labute approximate surface area is 120 Å². The maximum absolute atomic E-state index is 12.1. The zero-order chi connectivity index (χ0) is 14.7. The van der Waals surface area contributed by atoms with Crippen LogP contribution in [0.15, 0.2) is 16.9 Å². The fraction of sp³-hybridized carbons (Fsp3) is 0.267. The normalized spacial score (nSPS) is 18.6. The van der Waals surface area contributed by atoms with Gasteiger partial charge in [0.15, 0.2) is 17.2 Å². The van der Waals surface area contributed by atoms with E-state index in [4.69, 9.17) is 4.74 Å². The second-order valence-corrected chi connectivity index (χ2v) is 5.44. The third kappa shape index (κ3) is 1.53. The van der Waals surface area contributed by atoms with Gasteiger partial charge in [0.2, 0.25) is 5.75 Å². The molecule has 1 atom stereocenters. The maximum atomic E-state index is 12.1. The van der Waals surface area contributed by atoms with E-state index in [1.807, 2.05) is 0 Å². The number of hydrogen-bond acceptors (Lipinski definition) is 5. The van der Waals surface area contributed by atoms with Gasteiger partial charge < -0.3 is 25.3 Å². The fourth-order valence-electron chi connectivity index (χ4n) is 3.21. The number of ether oxygens (including phenoxy) is 1. The molecule has 0 bridgehead atoms. The van der Waals surface area contributed by atoms with Crippen molar-refractivity contribution in [1.82, 2.24) is 10.3 Å². The first-order valence-corrected chi connectivity index (χ1v) is 6.77. The van der Waals surface area contributed by atoms with Crippen molar-refractivity contribution in [3.8, 4) is 23.0 Å². The number of phenols is 2. The average Bonchev–Trinajstić information content (AvgIpc) is 2.48. The second kappa shape index (κ2) is 4.02. The predicted molar refractivity (Wildman–Crippen MR) is 75.2 cm³/mol. The summed E-state index contributed by atoms with van der Waals surface area (Å²) in [5.41, 5.74) is 2.84. The van der Waals surface area contributed by atoms with Gasteiger partial charge in [0.05, 0.1) is 5.69 Å². The molecule has 3 heterocycles. The smallest absolute Gasteiger partial charge is 0.253 e. The van der Waals surface area contributed by atoms with E-state index >= 15 is 0 Å². The molecule has 6 nitrogen and oxygen atoms in total. The van der Waals surface area contributed by atoms with Crippen LogP contribution in [0.1, 0.15) is 28.3 Å². The van der Waals surface area contributed by atoms with Crippen molar-refractivity contribution in [1.29, 1.82) is 0 Å². The first-order chi connectivity index (χ1) is 10.1. The highest BCUT2D eigenvalue weighted by Crippen LogP contribution is 2.52. The van der Waals surface area contributed by atoms with E-state index < -0.39 is 0 Å². The summed E-state index contributed by atoms with van der Waals surface area (Å²) in [6.07, 6.45) is 0. The molecular weight excluding hydrogens is 272 g/mol. The molecule has 0 saturated heterocycles. The summed E-state index contributed by atoms with van der Waals surface area (Å²) in [5, 5.41) is 22.9. The molecule has 108 valence electrons. The highest BCUT2D eigenvalue weighted by Gasteiger charge is 2.36. The van der Waals surface area contributed by atoms with Gasteiger partial charge in [-0.2, -0.15) is 0 Å². The summed E-state index contributed by atoms with van der Waals surface area (Å²) in [7, 11) is 0. The highest BCUT2D eigenvalue weighted by atomic mass is 16.5. The molecule has 2 aromatic rings. The first kappa shape index (κ1) is 12.3. The van der Waals surface area contributed by atoms with Gasteiger partial charge >= 0.3 is 0 Å². The minimum atomic E-state index is -0.268. The van der Waals surface area contributed by atoms with Crippen LogP contribution in [-0.2, 0) is 6.54 Å². The van der Waals surface area contributed by atoms with Crippen molar-refractivity contribution in [3.05, 3.63) is 44.9 Å². The Hall–Kier alpha value is -2.47. The van der Waals surface area contributed by atoms with E-state index in [9.17, 15) is 15.0 Å². The minimum absolute atomic E-state index is 0.0694. The van der Waals surface area contributed by atoms with Crippen molar-refractivity contribution in [2.75, 3.05) is 6.54 Å². The lowest BCUT2D eigenvalue weighted by Crippen LogP contribution is -2.36. The van der Waals surface area contributed by atoms with Crippen LogP contribution in [0.5, 0.6) is 23.0 Å². The number of fused-ring (bicyclic) bond motifs is 2. The van der Waals surface area contributed by atoms with Crippen molar-refractivity contribution >= 4 is 0 Å². The largest absolute Gasteiger partial charge is 0.504 e. The summed E-state index contributed by atoms with van der Waals surface area (Å²) in [6, 6.07) is 3.17. The van der Waals surface area contributed by atoms with Gasteiger partial charge in [0.25, 0.3) is 5.56 Å². The minimum Gasteiger partial charge on any atom is -0.504 e. The molecule has 1 aromatic heterocycles. The number of aromatic nitrogens is 1. The molecule has 2 aliphatic rings. The van der Waals surface area contributed by atoms with Gasteiger partial charge in [-0.05, 0) is 13.0 Å². The molecule has 4 rings (SSSR count). The van der Waals surface area contributed by atoms with E-state index in [1.54, 1.807) is 13.0 Å². The molecule has 0 spiro atoms. The van der Waals surface area contributed by atoms with Crippen molar-refractivity contribution in [2.24, 2.45) is 0 Å². The Morgan fingerprint density at radius 3 is 2.90 bits per heavy atom. The van der Waals surface area contributed by atoms with Gasteiger partial charge in [0.1, 0.15) is 0 Å². The number of phenolic OH excluding ortho intramolecular Hbond substituents is 2. The SMILES string of the molecule is Cc1[nH]c(=O)c2c3c1Oc1c(ccc(O)c1O)C3CNC2. The number of pyridine rings is 1.